The molecule has 0 spiro atoms. The van der Waals surface area contributed by atoms with Crippen molar-refractivity contribution in [2.45, 2.75) is 10.6 Å². The van der Waals surface area contributed by atoms with Gasteiger partial charge in [-0.15, -0.1) is 11.3 Å². The third kappa shape index (κ3) is 7.74. The number of hydrogen-bond donors (Lipinski definition) is 1. The van der Waals surface area contributed by atoms with Crippen molar-refractivity contribution in [3.8, 4) is 17.6 Å². The maximum atomic E-state index is 15.0. The van der Waals surface area contributed by atoms with Crippen LogP contribution in [0, 0.1) is 23.0 Å². The number of nitrogens with one attached hydrogen (secondary N) is 1. The summed E-state index contributed by atoms with van der Waals surface area (Å²) in [6.45, 7) is 8.86. The molecule has 6 rings (SSSR count). The lowest BCUT2D eigenvalue weighted by atomic mass is 10.1. The van der Waals surface area contributed by atoms with Gasteiger partial charge in [-0.2, -0.15) is 5.26 Å². The lowest BCUT2D eigenvalue weighted by Gasteiger charge is -2.55. The van der Waals surface area contributed by atoms with Crippen LogP contribution in [0.15, 0.2) is 45.7 Å². The quantitative estimate of drug-likeness (QED) is 0.0674. The van der Waals surface area contributed by atoms with Crippen LogP contribution in [-0.2, 0) is 14.6 Å². The highest BCUT2D eigenvalue weighted by atomic mass is 32.2. The number of azide groups is 1. The SMILES string of the molecule is N#Cc1ccc(OP(=O)([O-])CNS(=O)(=O)c2cc3c(F)cc(OCC[N+]45CC[N+](CCCN=[N+]=[N-])(CC4)CC5)cc3s2)cc1F. The van der Waals surface area contributed by atoms with Gasteiger partial charge in [-0.25, -0.2) is 21.9 Å². The van der Waals surface area contributed by atoms with Crippen molar-refractivity contribution in [2.75, 3.05) is 71.8 Å². The Kier molecular flexibility index (Phi) is 9.69. The second kappa shape index (κ2) is 13.2. The molecule has 0 aliphatic carbocycles. The number of hydrogen-bond acceptors (Lipinski definition) is 9. The summed E-state index contributed by atoms with van der Waals surface area (Å²) in [6, 6.07) is 8.27. The van der Waals surface area contributed by atoms with Gasteiger partial charge in [-0.05, 0) is 29.8 Å². The molecule has 1 N–H and O–H groups in total. The topological polar surface area (TPSA) is 177 Å². The summed E-state index contributed by atoms with van der Waals surface area (Å²) in [5.74, 6) is -1.82. The number of nitrogens with zero attached hydrogens (tertiary/aromatic N) is 6. The van der Waals surface area contributed by atoms with E-state index in [1.54, 1.807) is 12.1 Å². The van der Waals surface area contributed by atoms with Gasteiger partial charge >= 0.3 is 0 Å². The molecule has 2 aromatic carbocycles. The molecule has 3 aromatic rings. The zero-order valence-corrected chi connectivity index (χ0v) is 26.6. The van der Waals surface area contributed by atoms with E-state index < -0.39 is 41.3 Å². The summed E-state index contributed by atoms with van der Waals surface area (Å²) in [5, 5.41) is 12.5. The molecule has 2 bridgehead atoms. The molecule has 1 unspecified atom stereocenters. The van der Waals surface area contributed by atoms with E-state index in [2.05, 4.69) is 10.0 Å². The lowest BCUT2D eigenvalue weighted by molar-refractivity contribution is -1.08. The van der Waals surface area contributed by atoms with E-state index in [-0.39, 0.29) is 20.9 Å². The number of ether oxygens (including phenoxy) is 1. The molecule has 4 heterocycles. The first-order chi connectivity index (χ1) is 21.4. The molecule has 240 valence electrons. The molecular formula is C27H31F2N7O6PS2+. The zero-order valence-electron chi connectivity index (χ0n) is 24.1. The van der Waals surface area contributed by atoms with Gasteiger partial charge < -0.3 is 23.1 Å². The molecule has 1 atom stereocenters. The van der Waals surface area contributed by atoms with Crippen LogP contribution in [0.4, 0.5) is 8.78 Å². The molecule has 3 aliphatic rings. The fraction of sp³-hybridized carbons (Fsp3) is 0.444. The van der Waals surface area contributed by atoms with E-state index in [1.807, 2.05) is 4.72 Å². The van der Waals surface area contributed by atoms with Gasteiger partial charge in [-0.3, -0.25) is 4.57 Å². The Balaban J connectivity index is 1.17. The minimum atomic E-state index is -4.87. The van der Waals surface area contributed by atoms with E-state index in [0.29, 0.717) is 23.9 Å². The van der Waals surface area contributed by atoms with E-state index in [1.165, 1.54) is 6.07 Å². The summed E-state index contributed by atoms with van der Waals surface area (Å²) in [5.41, 5.74) is 8.18. The van der Waals surface area contributed by atoms with Crippen molar-refractivity contribution in [1.82, 2.24) is 4.72 Å². The summed E-state index contributed by atoms with van der Waals surface area (Å²) in [4.78, 5) is 15.2. The van der Waals surface area contributed by atoms with Crippen LogP contribution in [0.2, 0.25) is 0 Å². The Morgan fingerprint density at radius 1 is 1.07 bits per heavy atom. The van der Waals surface area contributed by atoms with Gasteiger partial charge in [0.25, 0.3) is 10.0 Å². The number of piperazine rings is 3. The molecule has 3 aliphatic heterocycles. The standard InChI is InChI=1S/C27H31F2N7O6PS2/c28-24-14-21(3-2-20(24)18-30)42-43(37,38)19-33-45(39,40)27-17-23-25(29)15-22(16-26(23)44-27)41-13-12-36-9-6-35(7-10-36,8-11-36)5-1-4-32-34-31/h2-3,14-17,33H,1,4-13,19H2/q+1. The number of quaternary nitrogens is 2. The van der Waals surface area contributed by atoms with Crippen LogP contribution in [0.5, 0.6) is 11.5 Å². The van der Waals surface area contributed by atoms with Gasteiger partial charge in [0.05, 0.1) is 18.4 Å². The van der Waals surface area contributed by atoms with Crippen LogP contribution in [0.1, 0.15) is 12.0 Å². The molecule has 3 saturated heterocycles. The van der Waals surface area contributed by atoms with Crippen molar-refractivity contribution in [2.24, 2.45) is 5.11 Å². The van der Waals surface area contributed by atoms with Crippen molar-refractivity contribution in [3.05, 3.63) is 64.0 Å². The monoisotopic (exact) mass is 682 g/mol. The third-order valence-corrected chi connectivity index (χ3v) is 12.7. The fourth-order valence-electron chi connectivity index (χ4n) is 5.83. The number of sulfonamides is 1. The van der Waals surface area contributed by atoms with Crippen LogP contribution in [-0.4, -0.2) is 89.2 Å². The van der Waals surface area contributed by atoms with E-state index in [0.717, 1.165) is 97.3 Å². The molecule has 0 amide bonds. The van der Waals surface area contributed by atoms with Crippen LogP contribution in [0.25, 0.3) is 20.5 Å². The third-order valence-electron chi connectivity index (χ3n) is 8.49. The maximum Gasteiger partial charge on any atom is 0.250 e. The largest absolute Gasteiger partial charge is 0.768 e. The molecule has 13 nitrogen and oxygen atoms in total. The molecule has 3 fully saturated rings. The Morgan fingerprint density at radius 2 is 1.73 bits per heavy atom. The van der Waals surface area contributed by atoms with Crippen LogP contribution >= 0.6 is 18.9 Å². The van der Waals surface area contributed by atoms with Crippen molar-refractivity contribution >= 4 is 39.0 Å². The molecule has 45 heavy (non-hydrogen) atoms. The average molecular weight is 683 g/mol. The van der Waals surface area contributed by atoms with Crippen molar-refractivity contribution in [1.29, 1.82) is 5.26 Å². The Morgan fingerprint density at radius 3 is 2.38 bits per heavy atom. The Bertz CT molecular complexity index is 1820. The van der Waals surface area contributed by atoms with Crippen LogP contribution in [0.3, 0.4) is 0 Å². The predicted molar refractivity (Wildman–Crippen MR) is 160 cm³/mol. The van der Waals surface area contributed by atoms with E-state index in [9.17, 15) is 26.7 Å². The van der Waals surface area contributed by atoms with Crippen LogP contribution < -0.4 is 18.9 Å². The minimum absolute atomic E-state index is 0.0471. The first-order valence-electron chi connectivity index (χ1n) is 14.1. The summed E-state index contributed by atoms with van der Waals surface area (Å²) in [6.07, 6.45) is -0.267. The highest BCUT2D eigenvalue weighted by Crippen LogP contribution is 2.39. The molecule has 0 saturated carbocycles. The first kappa shape index (κ1) is 33.1. The molecule has 1 aromatic heterocycles. The van der Waals surface area contributed by atoms with E-state index >= 15 is 0 Å². The smallest absolute Gasteiger partial charge is 0.250 e. The molecule has 0 radical (unpaired) electrons. The Labute approximate surface area is 262 Å². The number of benzene rings is 2. The highest BCUT2D eigenvalue weighted by molar-refractivity contribution is 7.92. The number of fused-ring (bicyclic) bond motifs is 4. The summed E-state index contributed by atoms with van der Waals surface area (Å²) >= 11 is 0.758. The predicted octanol–water partition coefficient (Wildman–Crippen LogP) is 3.66. The Hall–Kier alpha value is -3.32. The minimum Gasteiger partial charge on any atom is -0.768 e. The van der Waals surface area contributed by atoms with Crippen molar-refractivity contribution < 1.29 is 44.9 Å². The number of rotatable bonds is 14. The van der Waals surface area contributed by atoms with E-state index in [4.69, 9.17) is 20.1 Å². The average Bonchev–Trinajstić information content (AvgIpc) is 3.46. The summed E-state index contributed by atoms with van der Waals surface area (Å²) < 4.78 is 81.5. The molecule has 18 heteroatoms. The number of halogens is 2. The van der Waals surface area contributed by atoms with Gasteiger partial charge in [-0.1, -0.05) is 5.11 Å². The zero-order chi connectivity index (χ0) is 32.3. The number of nitriles is 1. The van der Waals surface area contributed by atoms with Gasteiger partial charge in [0.2, 0.25) is 0 Å². The normalized spacial score (nSPS) is 22.4. The molecular weight excluding hydrogens is 651 g/mol. The second-order valence-electron chi connectivity index (χ2n) is 11.3. The first-order valence-corrected chi connectivity index (χ1v) is 18.2. The number of thiophene rings is 1. The van der Waals surface area contributed by atoms with Gasteiger partial charge in [0, 0.05) is 40.1 Å². The maximum absolute atomic E-state index is 15.0. The van der Waals surface area contributed by atoms with Gasteiger partial charge in [0.1, 0.15) is 85.8 Å². The highest BCUT2D eigenvalue weighted by Gasteiger charge is 2.48. The lowest BCUT2D eigenvalue weighted by Crippen LogP contribution is -2.75. The second-order valence-corrected chi connectivity index (χ2v) is 16.1. The fourth-order valence-corrected chi connectivity index (χ4v) is 9.78. The van der Waals surface area contributed by atoms with Gasteiger partial charge in [0.15, 0.2) is 7.60 Å². The summed E-state index contributed by atoms with van der Waals surface area (Å²) in [7, 11) is -9.25. The van der Waals surface area contributed by atoms with Crippen molar-refractivity contribution in [3.63, 3.8) is 0 Å².